The van der Waals surface area contributed by atoms with Crippen LogP contribution >= 0.6 is 0 Å². The largest absolute Gasteiger partial charge is 0.466 e. The lowest BCUT2D eigenvalue weighted by Gasteiger charge is -2.36. The van der Waals surface area contributed by atoms with Crippen molar-refractivity contribution in [1.82, 2.24) is 9.80 Å². The van der Waals surface area contributed by atoms with E-state index in [1.54, 1.807) is 30.3 Å². The number of nitriles is 1. The Morgan fingerprint density at radius 2 is 1.60 bits per heavy atom. The quantitative estimate of drug-likeness (QED) is 0.528. The van der Waals surface area contributed by atoms with E-state index in [9.17, 15) is 32.8 Å². The number of rotatable bonds is 5. The summed E-state index contributed by atoms with van der Waals surface area (Å²) in [5, 5.41) is 10.1. The van der Waals surface area contributed by atoms with E-state index in [-0.39, 0.29) is 29.9 Å². The number of ether oxygens (including phenoxy) is 2. The molecule has 4 rings (SSSR count). The Morgan fingerprint density at radius 1 is 0.976 bits per heavy atom. The molecule has 2 heterocycles. The van der Waals surface area contributed by atoms with Gasteiger partial charge in [-0.25, -0.2) is 9.59 Å². The van der Waals surface area contributed by atoms with Crippen LogP contribution in [0.4, 0.5) is 18.9 Å². The predicted molar refractivity (Wildman–Crippen MR) is 144 cm³/mol. The van der Waals surface area contributed by atoms with Gasteiger partial charge in [-0.15, -0.1) is 0 Å². The molecule has 10 nitrogen and oxygen atoms in total. The monoisotopic (exact) mass is 583 g/mol. The molecule has 0 bridgehead atoms. The molecule has 2 aliphatic heterocycles. The highest BCUT2D eigenvalue weighted by atomic mass is 19.4. The summed E-state index contributed by atoms with van der Waals surface area (Å²) < 4.78 is 53.1. The number of benzene rings is 2. The summed E-state index contributed by atoms with van der Waals surface area (Å²) >= 11 is 0. The maximum atomic E-state index is 14.4. The van der Waals surface area contributed by atoms with E-state index >= 15 is 0 Å². The minimum absolute atomic E-state index is 0.208. The Bertz CT molecular complexity index is 1510. The second-order valence-corrected chi connectivity index (χ2v) is 9.66. The first-order valence-corrected chi connectivity index (χ1v) is 12.8. The van der Waals surface area contributed by atoms with Gasteiger partial charge in [0.1, 0.15) is 11.5 Å². The summed E-state index contributed by atoms with van der Waals surface area (Å²) in [5.41, 5.74) is 3.53. The molecule has 13 heteroatoms. The predicted octanol–water partition coefficient (Wildman–Crippen LogP) is 2.99. The van der Waals surface area contributed by atoms with Crippen molar-refractivity contribution in [2.75, 3.05) is 52.3 Å². The van der Waals surface area contributed by atoms with Crippen LogP contribution in [0.3, 0.4) is 0 Å². The number of nitrogens with zero attached hydrogens (tertiary/aromatic N) is 4. The minimum Gasteiger partial charge on any atom is -0.466 e. The molecule has 2 aliphatic rings. The highest BCUT2D eigenvalue weighted by Crippen LogP contribution is 2.44. The molecule has 1 saturated heterocycles. The Morgan fingerprint density at radius 3 is 2.14 bits per heavy atom. The van der Waals surface area contributed by atoms with Crippen molar-refractivity contribution >= 4 is 23.5 Å². The van der Waals surface area contributed by atoms with Crippen molar-refractivity contribution in [3.05, 3.63) is 87.9 Å². The van der Waals surface area contributed by atoms with Gasteiger partial charge in [0.15, 0.2) is 0 Å². The number of hydrogen-bond acceptors (Lipinski definition) is 9. The fourth-order valence-corrected chi connectivity index (χ4v) is 5.05. The topological polar surface area (TPSA) is 129 Å². The van der Waals surface area contributed by atoms with E-state index in [2.05, 4.69) is 0 Å². The molecule has 220 valence electrons. The Hall–Kier alpha value is -4.83. The number of carbonyl (C=O) groups is 3. The van der Waals surface area contributed by atoms with Crippen molar-refractivity contribution < 1.29 is 37.0 Å². The number of likely N-dealkylation sites (N-methyl/N-ethyl adjacent to an activating group) is 1. The molecule has 42 heavy (non-hydrogen) atoms. The van der Waals surface area contributed by atoms with E-state index in [1.165, 1.54) is 11.0 Å². The average molecular weight is 584 g/mol. The molecular formula is C29H28F3N5O5. The van der Waals surface area contributed by atoms with Crippen molar-refractivity contribution in [2.24, 2.45) is 5.73 Å². The van der Waals surface area contributed by atoms with Crippen LogP contribution in [-0.2, 0) is 25.2 Å². The van der Waals surface area contributed by atoms with Crippen LogP contribution in [0.2, 0.25) is 0 Å². The summed E-state index contributed by atoms with van der Waals surface area (Å²) in [6.45, 7) is 1.51. The second kappa shape index (κ2) is 12.0. The number of hydrogen-bond donors (Lipinski definition) is 1. The molecule has 0 aliphatic carbocycles. The van der Waals surface area contributed by atoms with E-state index in [4.69, 9.17) is 15.2 Å². The van der Waals surface area contributed by atoms with Gasteiger partial charge in [0.05, 0.1) is 48.5 Å². The minimum atomic E-state index is -4.98. The number of alkyl halides is 3. The molecule has 2 N–H and O–H groups in total. The third-order valence-electron chi connectivity index (χ3n) is 7.20. The number of halogens is 3. The molecule has 1 unspecified atom stereocenters. The molecule has 0 spiro atoms. The van der Waals surface area contributed by atoms with E-state index < -0.39 is 52.6 Å². The molecule has 0 saturated carbocycles. The number of methoxy groups -OCH3 is 2. The first-order valence-electron chi connectivity index (χ1n) is 12.8. The van der Waals surface area contributed by atoms with E-state index in [0.717, 1.165) is 25.2 Å². The summed E-state index contributed by atoms with van der Waals surface area (Å²) in [6, 6.07) is 12.9. The Kier molecular flexibility index (Phi) is 8.58. The standard InChI is InChI=1S/C29H28F3N5O5/c1-35-11-13-36(14-12-35)26(38)19-10-9-18(15-21(19)29(30,31)32)37-24(28(40)42-3)23(27(39)41-2)22(20(16-33)25(37)34)17-7-5-4-6-8-17/h4-10,15,22H,11-14,34H2,1-3H3. The van der Waals surface area contributed by atoms with Gasteiger partial charge in [0.25, 0.3) is 5.91 Å². The van der Waals surface area contributed by atoms with Gasteiger partial charge in [0, 0.05) is 31.9 Å². The molecule has 1 fully saturated rings. The summed E-state index contributed by atoms with van der Waals surface area (Å²) in [4.78, 5) is 43.7. The van der Waals surface area contributed by atoms with Gasteiger partial charge in [-0.2, -0.15) is 18.4 Å². The first kappa shape index (κ1) is 30.1. The fraction of sp³-hybridized carbons (Fsp3) is 0.310. The van der Waals surface area contributed by atoms with Gasteiger partial charge in [-0.1, -0.05) is 30.3 Å². The normalized spacial score (nSPS) is 18.1. The van der Waals surface area contributed by atoms with Crippen molar-refractivity contribution in [3.8, 4) is 6.07 Å². The molecule has 2 aromatic carbocycles. The highest BCUT2D eigenvalue weighted by Gasteiger charge is 2.44. The van der Waals surface area contributed by atoms with E-state index in [1.807, 2.05) is 18.0 Å². The van der Waals surface area contributed by atoms with Gasteiger partial charge >= 0.3 is 18.1 Å². The summed E-state index contributed by atoms with van der Waals surface area (Å²) in [7, 11) is 3.94. The SMILES string of the molecule is COC(=O)C1=C(C(=O)OC)N(c2ccc(C(=O)N3CCN(C)CC3)c(C(F)(F)F)c2)C(N)=C(C#N)C1c1ccccc1. The zero-order chi connectivity index (χ0) is 30.8. The van der Waals surface area contributed by atoms with Crippen LogP contribution in [0.1, 0.15) is 27.4 Å². The number of carbonyl (C=O) groups excluding carboxylic acids is 3. The number of esters is 2. The zero-order valence-electron chi connectivity index (χ0n) is 23.1. The van der Waals surface area contributed by atoms with Crippen molar-refractivity contribution in [1.29, 1.82) is 5.26 Å². The number of amides is 1. The lowest BCUT2D eigenvalue weighted by atomic mass is 9.81. The lowest BCUT2D eigenvalue weighted by Crippen LogP contribution is -2.47. The third kappa shape index (κ3) is 5.53. The smallest absolute Gasteiger partial charge is 0.417 e. The van der Waals surface area contributed by atoms with Crippen LogP contribution in [0.15, 0.2) is 71.2 Å². The average Bonchev–Trinajstić information content (AvgIpc) is 2.99. The van der Waals surface area contributed by atoms with Crippen LogP contribution in [0, 0.1) is 11.3 Å². The maximum Gasteiger partial charge on any atom is 0.417 e. The fourth-order valence-electron chi connectivity index (χ4n) is 5.05. The number of anilines is 1. The van der Waals surface area contributed by atoms with Gasteiger partial charge in [-0.3, -0.25) is 9.69 Å². The Balaban J connectivity index is 1.96. The second-order valence-electron chi connectivity index (χ2n) is 9.66. The number of allylic oxidation sites excluding steroid dienone is 1. The van der Waals surface area contributed by atoms with Gasteiger partial charge in [0.2, 0.25) is 0 Å². The van der Waals surface area contributed by atoms with Crippen molar-refractivity contribution in [3.63, 3.8) is 0 Å². The highest BCUT2D eigenvalue weighted by molar-refractivity contribution is 6.06. The summed E-state index contributed by atoms with van der Waals surface area (Å²) in [5.74, 6) is -4.51. The van der Waals surface area contributed by atoms with Crippen LogP contribution < -0.4 is 10.6 Å². The lowest BCUT2D eigenvalue weighted by molar-refractivity contribution is -0.139. The Labute approximate surface area is 240 Å². The summed E-state index contributed by atoms with van der Waals surface area (Å²) in [6.07, 6.45) is -4.98. The van der Waals surface area contributed by atoms with Gasteiger partial charge in [-0.05, 0) is 30.8 Å². The third-order valence-corrected chi connectivity index (χ3v) is 7.20. The van der Waals surface area contributed by atoms with Crippen LogP contribution in [-0.4, -0.2) is 75.1 Å². The molecule has 0 radical (unpaired) electrons. The molecule has 1 atom stereocenters. The first-order chi connectivity index (χ1) is 19.9. The maximum absolute atomic E-state index is 14.4. The van der Waals surface area contributed by atoms with Crippen LogP contribution in [0.25, 0.3) is 0 Å². The van der Waals surface area contributed by atoms with E-state index in [0.29, 0.717) is 24.7 Å². The number of piperazine rings is 1. The number of nitrogens with two attached hydrogens (primary N) is 1. The molecule has 1 amide bonds. The zero-order valence-corrected chi connectivity index (χ0v) is 23.1. The van der Waals surface area contributed by atoms with Gasteiger partial charge < -0.3 is 25.0 Å². The van der Waals surface area contributed by atoms with Crippen molar-refractivity contribution in [2.45, 2.75) is 12.1 Å². The molecule has 0 aromatic heterocycles. The molecular weight excluding hydrogens is 555 g/mol. The molecule has 2 aromatic rings. The van der Waals surface area contributed by atoms with Crippen LogP contribution in [0.5, 0.6) is 0 Å².